The summed E-state index contributed by atoms with van der Waals surface area (Å²) in [4.78, 5) is 29.5. The van der Waals surface area contributed by atoms with E-state index in [9.17, 15) is 14.7 Å². The van der Waals surface area contributed by atoms with Crippen LogP contribution in [-0.2, 0) is 7.05 Å². The number of carbonyl (C=O) groups excluding carboxylic acids is 1. The SMILES string of the molecule is Cn1cc(C2CCCN(C(=O)O)C2)c2cc(NC(=O)c3cc(C#N)ccn3)ccc21. The number of aromatic nitrogens is 2. The summed E-state index contributed by atoms with van der Waals surface area (Å²) >= 11 is 0. The van der Waals surface area contributed by atoms with Crippen molar-refractivity contribution in [3.05, 3.63) is 59.5 Å². The monoisotopic (exact) mass is 403 g/mol. The number of piperidine rings is 1. The van der Waals surface area contributed by atoms with Gasteiger partial charge < -0.3 is 19.9 Å². The molecule has 2 amide bonds. The van der Waals surface area contributed by atoms with Crippen molar-refractivity contribution in [1.29, 1.82) is 5.26 Å². The fourth-order valence-electron chi connectivity index (χ4n) is 4.05. The summed E-state index contributed by atoms with van der Waals surface area (Å²) in [6.07, 6.45) is 4.34. The third kappa shape index (κ3) is 3.70. The van der Waals surface area contributed by atoms with Crippen molar-refractivity contribution in [2.75, 3.05) is 18.4 Å². The van der Waals surface area contributed by atoms with Crippen LogP contribution >= 0.6 is 0 Å². The number of nitrogens with one attached hydrogen (secondary N) is 1. The molecule has 1 aliphatic rings. The maximum atomic E-state index is 12.6. The van der Waals surface area contributed by atoms with Crippen LogP contribution in [-0.4, -0.2) is 44.6 Å². The number of amides is 2. The lowest BCUT2D eigenvalue weighted by molar-refractivity contribution is 0.102. The average molecular weight is 403 g/mol. The van der Waals surface area contributed by atoms with E-state index in [0.29, 0.717) is 24.3 Å². The van der Waals surface area contributed by atoms with Crippen molar-refractivity contribution in [2.24, 2.45) is 7.05 Å². The van der Waals surface area contributed by atoms with Crippen LogP contribution in [0.3, 0.4) is 0 Å². The molecule has 0 bridgehead atoms. The number of fused-ring (bicyclic) bond motifs is 1. The van der Waals surface area contributed by atoms with Gasteiger partial charge in [-0.15, -0.1) is 0 Å². The number of anilines is 1. The van der Waals surface area contributed by atoms with Gasteiger partial charge in [-0.25, -0.2) is 4.79 Å². The van der Waals surface area contributed by atoms with Gasteiger partial charge in [-0.1, -0.05) is 0 Å². The number of benzene rings is 1. The van der Waals surface area contributed by atoms with Gasteiger partial charge in [0.05, 0.1) is 11.6 Å². The Kier molecular flexibility index (Phi) is 5.11. The van der Waals surface area contributed by atoms with Crippen LogP contribution in [0.4, 0.5) is 10.5 Å². The van der Waals surface area contributed by atoms with Crippen LogP contribution in [0.2, 0.25) is 0 Å². The minimum absolute atomic E-state index is 0.110. The molecule has 1 saturated heterocycles. The highest BCUT2D eigenvalue weighted by Gasteiger charge is 2.26. The number of hydrogen-bond donors (Lipinski definition) is 2. The average Bonchev–Trinajstić information content (AvgIpc) is 3.09. The Hall–Kier alpha value is -3.86. The minimum atomic E-state index is -0.889. The van der Waals surface area contributed by atoms with Crippen molar-refractivity contribution in [2.45, 2.75) is 18.8 Å². The Morgan fingerprint density at radius 3 is 2.90 bits per heavy atom. The fourth-order valence-corrected chi connectivity index (χ4v) is 4.05. The van der Waals surface area contributed by atoms with Gasteiger partial charge in [0.25, 0.3) is 5.91 Å². The first-order valence-electron chi connectivity index (χ1n) is 9.70. The van der Waals surface area contributed by atoms with Crippen molar-refractivity contribution in [3.63, 3.8) is 0 Å². The highest BCUT2D eigenvalue weighted by Crippen LogP contribution is 2.34. The fraction of sp³-hybridized carbons (Fsp3) is 0.273. The third-order valence-corrected chi connectivity index (χ3v) is 5.53. The molecule has 1 aliphatic heterocycles. The molecule has 3 aromatic rings. The number of likely N-dealkylation sites (tertiary alicyclic amines) is 1. The smallest absolute Gasteiger partial charge is 0.407 e. The molecule has 8 heteroatoms. The molecule has 30 heavy (non-hydrogen) atoms. The van der Waals surface area contributed by atoms with Crippen molar-refractivity contribution < 1.29 is 14.7 Å². The zero-order valence-electron chi connectivity index (χ0n) is 16.5. The van der Waals surface area contributed by atoms with Crippen LogP contribution in [0.25, 0.3) is 10.9 Å². The summed E-state index contributed by atoms with van der Waals surface area (Å²) in [5.41, 5.74) is 3.26. The number of rotatable bonds is 3. The maximum absolute atomic E-state index is 12.6. The summed E-state index contributed by atoms with van der Waals surface area (Å²) < 4.78 is 2.02. The van der Waals surface area contributed by atoms with Crippen LogP contribution in [0.15, 0.2) is 42.7 Å². The maximum Gasteiger partial charge on any atom is 0.407 e. The predicted octanol–water partition coefficient (Wildman–Crippen LogP) is 3.55. The normalized spacial score (nSPS) is 16.3. The lowest BCUT2D eigenvalue weighted by Gasteiger charge is -2.30. The van der Waals surface area contributed by atoms with Crippen LogP contribution in [0, 0.1) is 11.3 Å². The Balaban J connectivity index is 1.63. The summed E-state index contributed by atoms with van der Waals surface area (Å²) in [6.45, 7) is 1.03. The molecular formula is C22H21N5O3. The molecule has 4 rings (SSSR count). The highest BCUT2D eigenvalue weighted by molar-refractivity contribution is 6.04. The first-order valence-corrected chi connectivity index (χ1v) is 9.70. The zero-order valence-corrected chi connectivity index (χ0v) is 16.5. The van der Waals surface area contributed by atoms with E-state index in [2.05, 4.69) is 10.3 Å². The van der Waals surface area contributed by atoms with E-state index in [1.807, 2.05) is 42.1 Å². The highest BCUT2D eigenvalue weighted by atomic mass is 16.4. The van der Waals surface area contributed by atoms with E-state index in [1.54, 1.807) is 6.07 Å². The molecule has 1 fully saturated rings. The number of carboxylic acid groups (broad SMARTS) is 1. The quantitative estimate of drug-likeness (QED) is 0.695. The molecule has 0 radical (unpaired) electrons. The predicted molar refractivity (Wildman–Crippen MR) is 111 cm³/mol. The Morgan fingerprint density at radius 2 is 2.13 bits per heavy atom. The van der Waals surface area contributed by atoms with Crippen LogP contribution < -0.4 is 5.32 Å². The van der Waals surface area contributed by atoms with E-state index in [4.69, 9.17) is 5.26 Å². The first kappa shape index (κ1) is 19.5. The topological polar surface area (TPSA) is 111 Å². The third-order valence-electron chi connectivity index (χ3n) is 5.53. The number of pyridine rings is 1. The van der Waals surface area contributed by atoms with Gasteiger partial charge in [-0.2, -0.15) is 5.26 Å². The van der Waals surface area contributed by atoms with Gasteiger partial charge in [-0.05, 0) is 48.7 Å². The van der Waals surface area contributed by atoms with Crippen LogP contribution in [0.5, 0.6) is 0 Å². The molecule has 0 spiro atoms. The first-order chi connectivity index (χ1) is 14.5. The van der Waals surface area contributed by atoms with Gasteiger partial charge in [0.1, 0.15) is 5.69 Å². The number of hydrogen-bond acceptors (Lipinski definition) is 4. The molecule has 2 N–H and O–H groups in total. The molecule has 0 aliphatic carbocycles. The van der Waals surface area contributed by atoms with E-state index < -0.39 is 12.0 Å². The van der Waals surface area contributed by atoms with E-state index >= 15 is 0 Å². The standard InChI is InChI=1S/C22H21N5O3/c1-26-13-18(15-3-2-8-27(12-15)22(29)30)17-10-16(4-5-20(17)26)25-21(28)19-9-14(11-23)6-7-24-19/h4-7,9-10,13,15H,2-3,8,12H2,1H3,(H,25,28)(H,29,30). The molecular weight excluding hydrogens is 382 g/mol. The van der Waals surface area contributed by atoms with Crippen LogP contribution in [0.1, 0.15) is 40.4 Å². The second-order valence-corrected chi connectivity index (χ2v) is 7.49. The second-order valence-electron chi connectivity index (χ2n) is 7.49. The Morgan fingerprint density at radius 1 is 1.30 bits per heavy atom. The Bertz CT molecular complexity index is 1180. The van der Waals surface area contributed by atoms with Crippen molar-refractivity contribution >= 4 is 28.6 Å². The number of carbonyl (C=O) groups is 2. The summed E-state index contributed by atoms with van der Waals surface area (Å²) in [6, 6.07) is 10.7. The van der Waals surface area contributed by atoms with Gasteiger partial charge in [0.15, 0.2) is 0 Å². The summed E-state index contributed by atoms with van der Waals surface area (Å²) in [5.74, 6) is -0.280. The van der Waals surface area contributed by atoms with Gasteiger partial charge in [0.2, 0.25) is 0 Å². The number of aryl methyl sites for hydroxylation is 1. The molecule has 8 nitrogen and oxygen atoms in total. The van der Waals surface area contributed by atoms with E-state index in [-0.39, 0.29) is 11.6 Å². The van der Waals surface area contributed by atoms with E-state index in [0.717, 1.165) is 29.3 Å². The molecule has 3 heterocycles. The summed E-state index contributed by atoms with van der Waals surface area (Å²) in [7, 11) is 1.96. The largest absolute Gasteiger partial charge is 0.465 e. The molecule has 1 unspecified atom stereocenters. The van der Waals surface area contributed by atoms with Crippen molar-refractivity contribution in [3.8, 4) is 6.07 Å². The van der Waals surface area contributed by atoms with Gasteiger partial charge >= 0.3 is 6.09 Å². The van der Waals surface area contributed by atoms with E-state index in [1.165, 1.54) is 17.2 Å². The molecule has 1 atom stereocenters. The number of nitrogens with zero attached hydrogens (tertiary/aromatic N) is 4. The van der Waals surface area contributed by atoms with Gasteiger partial charge in [0, 0.05) is 55.0 Å². The minimum Gasteiger partial charge on any atom is -0.465 e. The van der Waals surface area contributed by atoms with Crippen molar-refractivity contribution in [1.82, 2.24) is 14.5 Å². The molecule has 1 aromatic carbocycles. The zero-order chi connectivity index (χ0) is 21.3. The lowest BCUT2D eigenvalue weighted by atomic mass is 9.90. The van der Waals surface area contributed by atoms with Gasteiger partial charge in [-0.3, -0.25) is 9.78 Å². The molecule has 2 aromatic heterocycles. The Labute approximate surface area is 173 Å². The molecule has 0 saturated carbocycles. The lowest BCUT2D eigenvalue weighted by Crippen LogP contribution is -2.38. The molecule has 152 valence electrons. The number of nitriles is 1. The second kappa shape index (κ2) is 7.87. The summed E-state index contributed by atoms with van der Waals surface area (Å²) in [5, 5.41) is 22.2.